The van der Waals surface area contributed by atoms with Crippen molar-refractivity contribution in [1.29, 1.82) is 0 Å². The first-order valence-electron chi connectivity index (χ1n) is 7.86. The summed E-state index contributed by atoms with van der Waals surface area (Å²) in [7, 11) is 0. The van der Waals surface area contributed by atoms with Gasteiger partial charge >= 0.3 is 0 Å². The summed E-state index contributed by atoms with van der Waals surface area (Å²) in [5, 5.41) is 10.4. The molecule has 0 amide bonds. The summed E-state index contributed by atoms with van der Waals surface area (Å²) in [6.07, 6.45) is 1.85. The van der Waals surface area contributed by atoms with Crippen molar-refractivity contribution in [3.8, 4) is 5.75 Å². The van der Waals surface area contributed by atoms with E-state index in [4.69, 9.17) is 4.74 Å². The zero-order valence-electron chi connectivity index (χ0n) is 12.8. The Hall–Kier alpha value is -1.13. The zero-order chi connectivity index (χ0) is 15.0. The van der Waals surface area contributed by atoms with E-state index in [2.05, 4.69) is 18.7 Å². The highest BCUT2D eigenvalue weighted by atomic mass is 19.1. The van der Waals surface area contributed by atoms with Crippen LogP contribution in [0.1, 0.15) is 44.8 Å². The fraction of sp³-hybridized carbons (Fsp3) is 0.647. The van der Waals surface area contributed by atoms with Gasteiger partial charge in [0.15, 0.2) is 0 Å². The summed E-state index contributed by atoms with van der Waals surface area (Å²) < 4.78 is 19.6. The molecule has 4 heteroatoms. The Balaban J connectivity index is 1.74. The van der Waals surface area contributed by atoms with Gasteiger partial charge in [-0.2, -0.15) is 0 Å². The molecule has 21 heavy (non-hydrogen) atoms. The zero-order valence-corrected chi connectivity index (χ0v) is 12.8. The number of aliphatic hydroxyl groups is 1. The van der Waals surface area contributed by atoms with Crippen molar-refractivity contribution >= 4 is 0 Å². The highest BCUT2D eigenvalue weighted by Gasteiger charge is 2.42. The summed E-state index contributed by atoms with van der Waals surface area (Å²) in [5.74, 6) is 0.869. The lowest BCUT2D eigenvalue weighted by Crippen LogP contribution is -2.51. The molecular weight excluding hydrogens is 269 g/mol. The van der Waals surface area contributed by atoms with Gasteiger partial charge < -0.3 is 14.7 Å². The third kappa shape index (κ3) is 3.06. The standard InChI is InChI=1S/C17H24FNO2/c1-12(2)11-19-7-5-17(6-8-19)10-15(20)14-4-3-13(18)9-16(14)21-17/h3-4,9,12,15,20H,5-8,10-11H2,1-2H3/t15-/m1/s1. The summed E-state index contributed by atoms with van der Waals surface area (Å²) in [6.45, 7) is 7.52. The van der Waals surface area contributed by atoms with Crippen molar-refractivity contribution in [3.05, 3.63) is 29.6 Å². The molecule has 3 rings (SSSR count). The smallest absolute Gasteiger partial charge is 0.128 e. The molecule has 1 atom stereocenters. The van der Waals surface area contributed by atoms with Gasteiger partial charge in [0.2, 0.25) is 0 Å². The number of nitrogens with zero attached hydrogens (tertiary/aromatic N) is 1. The number of fused-ring (bicyclic) bond motifs is 1. The van der Waals surface area contributed by atoms with Crippen molar-refractivity contribution in [2.45, 2.75) is 44.8 Å². The number of halogens is 1. The molecule has 0 bridgehead atoms. The summed E-state index contributed by atoms with van der Waals surface area (Å²) >= 11 is 0. The van der Waals surface area contributed by atoms with Gasteiger partial charge in [0.1, 0.15) is 17.2 Å². The molecule has 3 nitrogen and oxygen atoms in total. The van der Waals surface area contributed by atoms with Crippen LogP contribution in [-0.2, 0) is 0 Å². The predicted molar refractivity (Wildman–Crippen MR) is 79.8 cm³/mol. The first kappa shape index (κ1) is 14.8. The molecule has 0 aliphatic carbocycles. The topological polar surface area (TPSA) is 32.7 Å². The van der Waals surface area contributed by atoms with Crippen LogP contribution in [0.4, 0.5) is 4.39 Å². The fourth-order valence-electron chi connectivity index (χ4n) is 3.57. The van der Waals surface area contributed by atoms with Crippen LogP contribution in [-0.4, -0.2) is 35.2 Å². The van der Waals surface area contributed by atoms with Crippen molar-refractivity contribution in [2.75, 3.05) is 19.6 Å². The Kier molecular flexibility index (Phi) is 3.93. The molecular formula is C17H24FNO2. The van der Waals surface area contributed by atoms with Gasteiger partial charge in [-0.3, -0.25) is 0 Å². The summed E-state index contributed by atoms with van der Waals surface area (Å²) in [5.41, 5.74) is 0.389. The molecule has 0 saturated carbocycles. The number of likely N-dealkylation sites (tertiary alicyclic amines) is 1. The molecule has 0 radical (unpaired) electrons. The first-order valence-corrected chi connectivity index (χ1v) is 7.86. The van der Waals surface area contributed by atoms with Crippen LogP contribution < -0.4 is 4.74 Å². The first-order chi connectivity index (χ1) is 9.97. The van der Waals surface area contributed by atoms with Crippen LogP contribution in [0.3, 0.4) is 0 Å². The van der Waals surface area contributed by atoms with E-state index in [1.807, 2.05) is 0 Å². The van der Waals surface area contributed by atoms with Gasteiger partial charge in [0.05, 0.1) is 6.10 Å². The molecule has 2 aliphatic rings. The van der Waals surface area contributed by atoms with Crippen LogP contribution in [0, 0.1) is 11.7 Å². The number of ether oxygens (including phenoxy) is 1. The van der Waals surface area contributed by atoms with E-state index in [9.17, 15) is 9.50 Å². The van der Waals surface area contributed by atoms with Crippen LogP contribution in [0.25, 0.3) is 0 Å². The highest BCUT2D eigenvalue weighted by Crippen LogP contribution is 2.44. The van der Waals surface area contributed by atoms with Crippen molar-refractivity contribution in [1.82, 2.24) is 4.90 Å². The van der Waals surface area contributed by atoms with Gasteiger partial charge in [0, 0.05) is 37.7 Å². The van der Waals surface area contributed by atoms with E-state index < -0.39 is 6.10 Å². The predicted octanol–water partition coefficient (Wildman–Crippen LogP) is 3.13. The molecule has 2 aliphatic heterocycles. The van der Waals surface area contributed by atoms with Gasteiger partial charge in [-0.05, 0) is 30.9 Å². The number of hydrogen-bond acceptors (Lipinski definition) is 3. The molecule has 116 valence electrons. The van der Waals surface area contributed by atoms with Crippen LogP contribution in [0.5, 0.6) is 5.75 Å². The summed E-state index contributed by atoms with van der Waals surface area (Å²) in [4.78, 5) is 2.45. The summed E-state index contributed by atoms with van der Waals surface area (Å²) in [6, 6.07) is 4.42. The van der Waals surface area contributed by atoms with E-state index in [1.165, 1.54) is 12.1 Å². The maximum Gasteiger partial charge on any atom is 0.128 e. The second-order valence-corrected chi connectivity index (χ2v) is 6.88. The maximum atomic E-state index is 13.4. The molecule has 0 aromatic heterocycles. The van der Waals surface area contributed by atoms with Crippen molar-refractivity contribution < 1.29 is 14.2 Å². The Morgan fingerprint density at radius 1 is 1.38 bits per heavy atom. The van der Waals surface area contributed by atoms with Gasteiger partial charge in [-0.15, -0.1) is 0 Å². The molecule has 0 unspecified atom stereocenters. The molecule has 2 heterocycles. The Morgan fingerprint density at radius 2 is 2.10 bits per heavy atom. The Bertz CT molecular complexity index is 510. The van der Waals surface area contributed by atoms with Gasteiger partial charge in [-0.25, -0.2) is 4.39 Å². The number of aliphatic hydroxyl groups excluding tert-OH is 1. The highest BCUT2D eigenvalue weighted by molar-refractivity contribution is 5.38. The maximum absolute atomic E-state index is 13.4. The SMILES string of the molecule is CC(C)CN1CCC2(CC1)C[C@@H](O)c1ccc(F)cc1O2. The minimum Gasteiger partial charge on any atom is -0.487 e. The molecule has 1 N–H and O–H groups in total. The van der Waals surface area contributed by atoms with Crippen molar-refractivity contribution in [3.63, 3.8) is 0 Å². The van der Waals surface area contributed by atoms with Crippen molar-refractivity contribution in [2.24, 2.45) is 5.92 Å². The second kappa shape index (κ2) is 5.58. The molecule has 1 fully saturated rings. The molecule has 1 saturated heterocycles. The average molecular weight is 293 g/mol. The number of piperidine rings is 1. The fourth-order valence-corrected chi connectivity index (χ4v) is 3.57. The molecule has 1 aromatic rings. The minimum absolute atomic E-state index is 0.310. The van der Waals surface area contributed by atoms with E-state index in [-0.39, 0.29) is 11.4 Å². The number of benzene rings is 1. The number of rotatable bonds is 2. The van der Waals surface area contributed by atoms with E-state index in [0.717, 1.165) is 32.5 Å². The molecule has 1 spiro atoms. The Labute approximate surface area is 125 Å². The van der Waals surface area contributed by atoms with Crippen LogP contribution in [0.15, 0.2) is 18.2 Å². The van der Waals surface area contributed by atoms with Gasteiger partial charge in [-0.1, -0.05) is 13.8 Å². The van der Waals surface area contributed by atoms with Crippen LogP contribution >= 0.6 is 0 Å². The van der Waals surface area contributed by atoms with Crippen LogP contribution in [0.2, 0.25) is 0 Å². The minimum atomic E-state index is -0.550. The van der Waals surface area contributed by atoms with E-state index >= 15 is 0 Å². The lowest BCUT2D eigenvalue weighted by atomic mass is 9.81. The monoisotopic (exact) mass is 293 g/mol. The average Bonchev–Trinajstić information content (AvgIpc) is 2.40. The lowest BCUT2D eigenvalue weighted by Gasteiger charge is -2.46. The lowest BCUT2D eigenvalue weighted by molar-refractivity contribution is -0.0553. The molecule has 1 aromatic carbocycles. The third-order valence-corrected chi connectivity index (χ3v) is 4.62. The Morgan fingerprint density at radius 3 is 2.76 bits per heavy atom. The number of hydrogen-bond donors (Lipinski definition) is 1. The largest absolute Gasteiger partial charge is 0.487 e. The third-order valence-electron chi connectivity index (χ3n) is 4.62. The van der Waals surface area contributed by atoms with Gasteiger partial charge in [0.25, 0.3) is 0 Å². The van der Waals surface area contributed by atoms with E-state index in [0.29, 0.717) is 23.7 Å². The quantitative estimate of drug-likeness (QED) is 0.909. The normalized spacial score (nSPS) is 24.9. The second-order valence-electron chi connectivity index (χ2n) is 6.88. The van der Waals surface area contributed by atoms with E-state index in [1.54, 1.807) is 6.07 Å².